The Morgan fingerprint density at radius 1 is 1.19 bits per heavy atom. The van der Waals surface area contributed by atoms with Gasteiger partial charge in [-0.3, -0.25) is 14.9 Å². The largest absolute Gasteiger partial charge is 0.319 e. The van der Waals surface area contributed by atoms with Crippen LogP contribution in [0.1, 0.15) is 12.5 Å². The molecule has 1 N–H and O–H groups in total. The highest BCUT2D eigenvalue weighted by molar-refractivity contribution is 8.00. The Hall–Kier alpha value is -2.93. The maximum absolute atomic E-state index is 12.5. The van der Waals surface area contributed by atoms with E-state index in [2.05, 4.69) is 10.3 Å². The number of thioether (sulfide) groups is 1. The lowest BCUT2D eigenvalue weighted by Crippen LogP contribution is -2.23. The first-order valence-electron chi connectivity index (χ1n) is 8.03. The minimum absolute atomic E-state index is 0.127. The number of amides is 1. The first-order valence-corrected chi connectivity index (χ1v) is 8.91. The number of nitro benzene ring substituents is 1. The summed E-state index contributed by atoms with van der Waals surface area (Å²) in [5.41, 5.74) is 2.03. The van der Waals surface area contributed by atoms with E-state index < -0.39 is 10.2 Å². The predicted molar refractivity (Wildman–Crippen MR) is 104 cm³/mol. The summed E-state index contributed by atoms with van der Waals surface area (Å²) >= 11 is 1.32. The highest BCUT2D eigenvalue weighted by Gasteiger charge is 2.20. The third-order valence-corrected chi connectivity index (χ3v) is 4.94. The zero-order valence-corrected chi connectivity index (χ0v) is 15.1. The summed E-state index contributed by atoms with van der Waals surface area (Å²) in [6, 6.07) is 15.9. The van der Waals surface area contributed by atoms with Crippen LogP contribution in [-0.4, -0.2) is 21.1 Å². The van der Waals surface area contributed by atoms with Crippen LogP contribution in [-0.2, 0) is 4.79 Å². The lowest BCUT2D eigenvalue weighted by molar-refractivity contribution is -0.383. The summed E-state index contributed by atoms with van der Waals surface area (Å²) in [7, 11) is 0. The molecule has 0 saturated carbocycles. The van der Waals surface area contributed by atoms with Gasteiger partial charge in [-0.1, -0.05) is 42.1 Å². The van der Waals surface area contributed by atoms with Crippen molar-refractivity contribution in [2.75, 3.05) is 5.32 Å². The summed E-state index contributed by atoms with van der Waals surface area (Å²) in [6.45, 7) is 3.76. The molecular formula is C19H17N3O3S. The summed E-state index contributed by atoms with van der Waals surface area (Å²) in [4.78, 5) is 27.6. The molecule has 132 valence electrons. The van der Waals surface area contributed by atoms with E-state index in [1.807, 2.05) is 37.3 Å². The molecule has 0 bridgehead atoms. The Labute approximate surface area is 154 Å². The first-order chi connectivity index (χ1) is 12.5. The fourth-order valence-corrected chi connectivity index (χ4v) is 3.51. The minimum Gasteiger partial charge on any atom is -0.319 e. The number of benzene rings is 2. The molecule has 0 aliphatic rings. The Morgan fingerprint density at radius 2 is 1.88 bits per heavy atom. The topological polar surface area (TPSA) is 85.1 Å². The van der Waals surface area contributed by atoms with Gasteiger partial charge in [-0.25, -0.2) is 4.98 Å². The highest BCUT2D eigenvalue weighted by Crippen LogP contribution is 2.28. The number of aryl methyl sites for hydroxylation is 1. The molecule has 0 aliphatic carbocycles. The van der Waals surface area contributed by atoms with E-state index in [0.29, 0.717) is 0 Å². The maximum atomic E-state index is 12.5. The van der Waals surface area contributed by atoms with Crippen LogP contribution in [0.4, 0.5) is 11.4 Å². The Kier molecular flexibility index (Phi) is 5.18. The van der Waals surface area contributed by atoms with Gasteiger partial charge in [0, 0.05) is 11.5 Å². The highest BCUT2D eigenvalue weighted by atomic mass is 32.2. The number of nitrogens with one attached hydrogen (secondary N) is 1. The van der Waals surface area contributed by atoms with Gasteiger partial charge in [0.1, 0.15) is 5.69 Å². The zero-order valence-electron chi connectivity index (χ0n) is 14.3. The molecule has 0 aliphatic heterocycles. The van der Waals surface area contributed by atoms with Gasteiger partial charge in [-0.05, 0) is 37.6 Å². The number of nitro groups is 1. The van der Waals surface area contributed by atoms with Crippen LogP contribution in [0.2, 0.25) is 0 Å². The summed E-state index contributed by atoms with van der Waals surface area (Å²) in [5, 5.41) is 15.1. The summed E-state index contributed by atoms with van der Waals surface area (Å²) < 4.78 is 0. The Bertz CT molecular complexity index is 991. The number of para-hydroxylation sites is 3. The molecule has 2 aromatic carbocycles. The second-order valence-corrected chi connectivity index (χ2v) is 7.18. The molecule has 1 atom stereocenters. The van der Waals surface area contributed by atoms with Gasteiger partial charge in [0.05, 0.1) is 20.7 Å². The molecule has 0 saturated heterocycles. The molecular weight excluding hydrogens is 350 g/mol. The lowest BCUT2D eigenvalue weighted by Gasteiger charge is -2.13. The minimum atomic E-state index is -0.512. The van der Waals surface area contributed by atoms with Gasteiger partial charge in [0.15, 0.2) is 0 Å². The second kappa shape index (κ2) is 7.53. The average molecular weight is 367 g/mol. The number of pyridine rings is 1. The maximum Gasteiger partial charge on any atom is 0.292 e. The summed E-state index contributed by atoms with van der Waals surface area (Å²) in [6.07, 6.45) is 0. The number of hydrogen-bond donors (Lipinski definition) is 1. The molecule has 3 aromatic rings. The van der Waals surface area contributed by atoms with Gasteiger partial charge in [0.2, 0.25) is 5.91 Å². The van der Waals surface area contributed by atoms with Crippen LogP contribution in [0.3, 0.4) is 0 Å². The predicted octanol–water partition coefficient (Wildman–Crippen LogP) is 4.57. The van der Waals surface area contributed by atoms with E-state index in [1.165, 1.54) is 23.9 Å². The van der Waals surface area contributed by atoms with Gasteiger partial charge < -0.3 is 5.32 Å². The van der Waals surface area contributed by atoms with Crippen LogP contribution in [0.5, 0.6) is 0 Å². The number of aromatic nitrogens is 1. The van der Waals surface area contributed by atoms with Crippen molar-refractivity contribution in [2.45, 2.75) is 24.1 Å². The van der Waals surface area contributed by atoms with Crippen molar-refractivity contribution in [1.82, 2.24) is 4.98 Å². The number of anilines is 1. The van der Waals surface area contributed by atoms with Gasteiger partial charge in [-0.15, -0.1) is 0 Å². The monoisotopic (exact) mass is 367 g/mol. The van der Waals surface area contributed by atoms with Crippen LogP contribution >= 0.6 is 11.8 Å². The smallest absolute Gasteiger partial charge is 0.292 e. The van der Waals surface area contributed by atoms with Crippen molar-refractivity contribution in [3.8, 4) is 0 Å². The van der Waals surface area contributed by atoms with E-state index in [0.717, 1.165) is 21.5 Å². The van der Waals surface area contributed by atoms with E-state index in [1.54, 1.807) is 19.1 Å². The molecule has 3 rings (SSSR count). The standard InChI is InChI=1S/C19H17N3O3S/c1-12-11-18(20-15-8-4-3-7-14(12)15)26-13(2)19(23)21-16-9-5-6-10-17(16)22(24)25/h3-11,13H,1-2H3,(H,21,23). The van der Waals surface area contributed by atoms with Crippen molar-refractivity contribution < 1.29 is 9.72 Å². The van der Waals surface area contributed by atoms with E-state index in [9.17, 15) is 14.9 Å². The van der Waals surface area contributed by atoms with Crippen molar-refractivity contribution in [2.24, 2.45) is 0 Å². The molecule has 1 heterocycles. The fraction of sp³-hybridized carbons (Fsp3) is 0.158. The quantitative estimate of drug-likeness (QED) is 0.405. The first kappa shape index (κ1) is 17.9. The molecule has 6 nitrogen and oxygen atoms in total. The molecule has 1 unspecified atom stereocenters. The van der Waals surface area contributed by atoms with E-state index >= 15 is 0 Å². The number of nitrogens with zero attached hydrogens (tertiary/aromatic N) is 2. The molecule has 26 heavy (non-hydrogen) atoms. The van der Waals surface area contributed by atoms with Crippen LogP contribution in [0.25, 0.3) is 10.9 Å². The SMILES string of the molecule is Cc1cc(SC(C)C(=O)Nc2ccccc2[N+](=O)[O-])nc2ccccc12. The van der Waals surface area contributed by atoms with Gasteiger partial charge in [-0.2, -0.15) is 0 Å². The molecule has 0 spiro atoms. The number of carbonyl (C=O) groups is 1. The van der Waals surface area contributed by atoms with Crippen molar-refractivity contribution in [3.63, 3.8) is 0 Å². The second-order valence-electron chi connectivity index (χ2n) is 5.82. The number of rotatable bonds is 5. The third kappa shape index (κ3) is 3.83. The Balaban J connectivity index is 1.77. The lowest BCUT2D eigenvalue weighted by atomic mass is 10.1. The number of fused-ring (bicyclic) bond motifs is 1. The van der Waals surface area contributed by atoms with Gasteiger partial charge >= 0.3 is 0 Å². The number of hydrogen-bond acceptors (Lipinski definition) is 5. The Morgan fingerprint density at radius 3 is 2.65 bits per heavy atom. The average Bonchev–Trinajstić information content (AvgIpc) is 2.62. The number of carbonyl (C=O) groups excluding carboxylic acids is 1. The van der Waals surface area contributed by atoms with Crippen molar-refractivity contribution in [1.29, 1.82) is 0 Å². The normalized spacial score (nSPS) is 11.9. The van der Waals surface area contributed by atoms with E-state index in [4.69, 9.17) is 0 Å². The van der Waals surface area contributed by atoms with Crippen LogP contribution in [0, 0.1) is 17.0 Å². The molecule has 0 radical (unpaired) electrons. The van der Waals surface area contributed by atoms with Gasteiger partial charge in [0.25, 0.3) is 5.69 Å². The van der Waals surface area contributed by atoms with Crippen molar-refractivity contribution in [3.05, 3.63) is 70.3 Å². The molecule has 7 heteroatoms. The summed E-state index contributed by atoms with van der Waals surface area (Å²) in [5.74, 6) is -0.308. The fourth-order valence-electron chi connectivity index (χ4n) is 2.59. The van der Waals surface area contributed by atoms with Crippen LogP contribution < -0.4 is 5.32 Å². The molecule has 1 amide bonds. The van der Waals surface area contributed by atoms with Crippen LogP contribution in [0.15, 0.2) is 59.6 Å². The van der Waals surface area contributed by atoms with Crippen molar-refractivity contribution >= 4 is 39.9 Å². The molecule has 0 fully saturated rings. The molecule has 1 aromatic heterocycles. The third-order valence-electron chi connectivity index (χ3n) is 3.92. The van der Waals surface area contributed by atoms with E-state index in [-0.39, 0.29) is 17.3 Å². The zero-order chi connectivity index (χ0) is 18.7.